The number of hydrogen-bond donors (Lipinski definition) is 0. The second-order valence-corrected chi connectivity index (χ2v) is 10.6. The average Bonchev–Trinajstić information content (AvgIpc) is 2.62. The lowest BCUT2D eigenvalue weighted by Gasteiger charge is -2.27. The Morgan fingerprint density at radius 3 is 2.50 bits per heavy atom. The molecule has 3 unspecified atom stereocenters. The normalized spacial score (nSPS) is 42.9. The van der Waals surface area contributed by atoms with E-state index in [4.69, 9.17) is 4.43 Å². The molecule has 2 aliphatic rings. The van der Waals surface area contributed by atoms with Crippen molar-refractivity contribution in [3.8, 4) is 0 Å². The molecule has 0 N–H and O–H groups in total. The zero-order valence-electron chi connectivity index (χ0n) is 10.1. The fourth-order valence-electron chi connectivity index (χ4n) is 3.33. The van der Waals surface area contributed by atoms with Crippen molar-refractivity contribution < 1.29 is 4.43 Å². The van der Waals surface area contributed by atoms with Gasteiger partial charge in [-0.05, 0) is 44.3 Å². The zero-order chi connectivity index (χ0) is 10.4. The molecule has 0 heterocycles. The van der Waals surface area contributed by atoms with Gasteiger partial charge in [-0.1, -0.05) is 26.2 Å². The molecule has 0 aromatic carbocycles. The van der Waals surface area contributed by atoms with E-state index in [2.05, 4.69) is 26.6 Å². The second-order valence-electron chi connectivity index (χ2n) is 6.16. The van der Waals surface area contributed by atoms with E-state index in [-0.39, 0.29) is 0 Å². The maximum Gasteiger partial charge on any atom is 0.184 e. The van der Waals surface area contributed by atoms with Gasteiger partial charge in [0.2, 0.25) is 0 Å². The van der Waals surface area contributed by atoms with Gasteiger partial charge in [0.15, 0.2) is 8.32 Å². The number of rotatable bonds is 2. The molecule has 1 nitrogen and oxygen atoms in total. The first kappa shape index (κ1) is 10.7. The summed E-state index contributed by atoms with van der Waals surface area (Å²) in [4.78, 5) is 0. The summed E-state index contributed by atoms with van der Waals surface area (Å²) < 4.78 is 6.47. The van der Waals surface area contributed by atoms with Gasteiger partial charge in [0.25, 0.3) is 0 Å². The first-order chi connectivity index (χ1) is 6.46. The van der Waals surface area contributed by atoms with Gasteiger partial charge in [-0.15, -0.1) is 0 Å². The maximum atomic E-state index is 6.47. The Morgan fingerprint density at radius 1 is 1.14 bits per heavy atom. The van der Waals surface area contributed by atoms with Gasteiger partial charge in [0.1, 0.15) is 0 Å². The van der Waals surface area contributed by atoms with Crippen molar-refractivity contribution in [2.24, 2.45) is 11.8 Å². The van der Waals surface area contributed by atoms with Crippen LogP contribution in [0.1, 0.15) is 39.0 Å². The van der Waals surface area contributed by atoms with E-state index in [0.29, 0.717) is 5.60 Å². The molecule has 0 aromatic heterocycles. The van der Waals surface area contributed by atoms with Crippen molar-refractivity contribution >= 4 is 8.32 Å². The van der Waals surface area contributed by atoms with Gasteiger partial charge >= 0.3 is 0 Å². The molecule has 2 aliphatic carbocycles. The first-order valence-corrected chi connectivity index (χ1v) is 9.57. The summed E-state index contributed by atoms with van der Waals surface area (Å²) in [7, 11) is -1.34. The third-order valence-electron chi connectivity index (χ3n) is 3.97. The minimum Gasteiger partial charge on any atom is -0.412 e. The number of hydrogen-bond acceptors (Lipinski definition) is 1. The summed E-state index contributed by atoms with van der Waals surface area (Å²) in [6.07, 6.45) is 7.02. The minimum absolute atomic E-state index is 0.334. The lowest BCUT2D eigenvalue weighted by molar-refractivity contribution is 0.131. The Labute approximate surface area is 89.4 Å². The monoisotopic (exact) mass is 212 g/mol. The Hall–Kier alpha value is 0.177. The fourth-order valence-corrected chi connectivity index (χ4v) is 4.91. The highest BCUT2D eigenvalue weighted by atomic mass is 28.4. The quantitative estimate of drug-likeness (QED) is 0.633. The largest absolute Gasteiger partial charge is 0.412 e. The minimum atomic E-state index is -1.34. The van der Waals surface area contributed by atoms with E-state index in [1.54, 1.807) is 0 Å². The molecular formula is C12H24OSi. The molecule has 0 saturated heterocycles. The summed E-state index contributed by atoms with van der Waals surface area (Å²) in [5, 5.41) is 0. The molecule has 0 spiro atoms. The smallest absolute Gasteiger partial charge is 0.184 e. The topological polar surface area (TPSA) is 9.23 Å². The summed E-state index contributed by atoms with van der Waals surface area (Å²) in [5.41, 5.74) is 0.334. The Morgan fingerprint density at radius 2 is 1.86 bits per heavy atom. The van der Waals surface area contributed by atoms with E-state index in [1.165, 1.54) is 32.1 Å². The molecule has 0 radical (unpaired) electrons. The molecule has 82 valence electrons. The summed E-state index contributed by atoms with van der Waals surface area (Å²) in [6.45, 7) is 9.38. The van der Waals surface area contributed by atoms with E-state index in [9.17, 15) is 0 Å². The van der Waals surface area contributed by atoms with Crippen molar-refractivity contribution in [2.45, 2.75) is 64.3 Å². The van der Waals surface area contributed by atoms with Crippen LogP contribution in [0, 0.1) is 11.8 Å². The SMILES string of the molecule is CC1C2CCCCCC12O[Si](C)(C)C. The van der Waals surface area contributed by atoms with Gasteiger partial charge in [0, 0.05) is 0 Å². The van der Waals surface area contributed by atoms with E-state index in [1.807, 2.05) is 0 Å². The van der Waals surface area contributed by atoms with Crippen LogP contribution in [0.2, 0.25) is 19.6 Å². The lowest BCUT2D eigenvalue weighted by Crippen LogP contribution is -2.35. The van der Waals surface area contributed by atoms with E-state index in [0.717, 1.165) is 11.8 Å². The van der Waals surface area contributed by atoms with Crippen LogP contribution in [0.4, 0.5) is 0 Å². The molecule has 2 heteroatoms. The predicted molar refractivity (Wildman–Crippen MR) is 62.9 cm³/mol. The molecule has 2 saturated carbocycles. The van der Waals surface area contributed by atoms with E-state index < -0.39 is 8.32 Å². The van der Waals surface area contributed by atoms with Gasteiger partial charge < -0.3 is 4.43 Å². The van der Waals surface area contributed by atoms with Crippen LogP contribution in [0.5, 0.6) is 0 Å². The predicted octanol–water partition coefficient (Wildman–Crippen LogP) is 3.81. The molecule has 2 rings (SSSR count). The van der Waals surface area contributed by atoms with Gasteiger partial charge in [-0.2, -0.15) is 0 Å². The van der Waals surface area contributed by atoms with Gasteiger partial charge in [0.05, 0.1) is 5.60 Å². The fraction of sp³-hybridized carbons (Fsp3) is 1.00. The van der Waals surface area contributed by atoms with Crippen LogP contribution in [0.25, 0.3) is 0 Å². The van der Waals surface area contributed by atoms with Crippen LogP contribution in [-0.4, -0.2) is 13.9 Å². The second kappa shape index (κ2) is 3.34. The van der Waals surface area contributed by atoms with Gasteiger partial charge in [-0.25, -0.2) is 0 Å². The molecule has 0 bridgehead atoms. The molecule has 3 atom stereocenters. The highest BCUT2D eigenvalue weighted by molar-refractivity contribution is 6.69. The van der Waals surface area contributed by atoms with Crippen molar-refractivity contribution in [2.75, 3.05) is 0 Å². The van der Waals surface area contributed by atoms with Gasteiger partial charge in [-0.3, -0.25) is 0 Å². The molecule has 0 amide bonds. The standard InChI is InChI=1S/C12H24OSi/c1-10-11-8-6-5-7-9-12(10,11)13-14(2,3)4/h10-11H,5-9H2,1-4H3. The van der Waals surface area contributed by atoms with E-state index >= 15 is 0 Å². The van der Waals surface area contributed by atoms with Crippen molar-refractivity contribution in [1.82, 2.24) is 0 Å². The van der Waals surface area contributed by atoms with Crippen molar-refractivity contribution in [1.29, 1.82) is 0 Å². The molecule has 0 aromatic rings. The van der Waals surface area contributed by atoms with Crippen LogP contribution in [0.15, 0.2) is 0 Å². The zero-order valence-corrected chi connectivity index (χ0v) is 11.1. The third kappa shape index (κ3) is 1.79. The van der Waals surface area contributed by atoms with Crippen LogP contribution < -0.4 is 0 Å². The Kier molecular flexibility index (Phi) is 2.55. The summed E-state index contributed by atoms with van der Waals surface area (Å²) in [6, 6.07) is 0. The highest BCUT2D eigenvalue weighted by Crippen LogP contribution is 2.60. The average molecular weight is 212 g/mol. The van der Waals surface area contributed by atoms with Crippen molar-refractivity contribution in [3.63, 3.8) is 0 Å². The number of fused-ring (bicyclic) bond motifs is 1. The van der Waals surface area contributed by atoms with Crippen LogP contribution >= 0.6 is 0 Å². The Balaban J connectivity index is 2.06. The molecular weight excluding hydrogens is 188 g/mol. The summed E-state index contributed by atoms with van der Waals surface area (Å²) >= 11 is 0. The summed E-state index contributed by atoms with van der Waals surface area (Å²) in [5.74, 6) is 1.74. The third-order valence-corrected chi connectivity index (χ3v) is 4.96. The van der Waals surface area contributed by atoms with Crippen LogP contribution in [-0.2, 0) is 4.43 Å². The van der Waals surface area contributed by atoms with Crippen molar-refractivity contribution in [3.05, 3.63) is 0 Å². The lowest BCUT2D eigenvalue weighted by atomic mass is 10.1. The first-order valence-electron chi connectivity index (χ1n) is 6.16. The molecule has 0 aliphatic heterocycles. The van der Waals surface area contributed by atoms with Crippen LogP contribution in [0.3, 0.4) is 0 Å². The maximum absolute atomic E-state index is 6.47. The highest BCUT2D eigenvalue weighted by Gasteiger charge is 2.63. The molecule has 14 heavy (non-hydrogen) atoms. The Bertz CT molecular complexity index is 221. The molecule has 2 fully saturated rings.